The fourth-order valence-electron chi connectivity index (χ4n) is 3.56. The van der Waals surface area contributed by atoms with Crippen LogP contribution in [0.3, 0.4) is 0 Å². The Kier molecular flexibility index (Phi) is 15.3. The molecule has 148 valence electrons. The van der Waals surface area contributed by atoms with Crippen molar-refractivity contribution in [1.82, 2.24) is 4.90 Å². The van der Waals surface area contributed by atoms with E-state index in [0.29, 0.717) is 0 Å². The van der Waals surface area contributed by atoms with Gasteiger partial charge in [0.1, 0.15) is 0 Å². The van der Waals surface area contributed by atoms with Crippen molar-refractivity contribution in [3.05, 3.63) is 48.6 Å². The molecule has 1 aromatic carbocycles. The third kappa shape index (κ3) is 13.2. The van der Waals surface area contributed by atoms with E-state index in [1.165, 1.54) is 102 Å². The maximum atomic E-state index is 3.80. The van der Waals surface area contributed by atoms with Crippen molar-refractivity contribution in [3.8, 4) is 0 Å². The monoisotopic (exact) mass is 357 g/mol. The molecule has 0 unspecified atom stereocenters. The van der Waals surface area contributed by atoms with Crippen LogP contribution in [0.25, 0.3) is 0 Å². The lowest BCUT2D eigenvalue weighted by molar-refractivity contribution is 0.252. The SMILES string of the molecule is C=CCCCCCCCCN(CCCCCCCC)Cc1ccccc1. The maximum Gasteiger partial charge on any atom is 0.0233 e. The predicted octanol–water partition coefficient (Wildman–Crippen LogP) is 7.77. The second-order valence-electron chi connectivity index (χ2n) is 7.73. The van der Waals surface area contributed by atoms with E-state index in [1.54, 1.807) is 0 Å². The fraction of sp³-hybridized carbons (Fsp3) is 0.680. The molecule has 0 amide bonds. The second kappa shape index (κ2) is 17.3. The van der Waals surface area contributed by atoms with E-state index < -0.39 is 0 Å². The van der Waals surface area contributed by atoms with Crippen LogP contribution in [0.1, 0.15) is 96.0 Å². The lowest BCUT2D eigenvalue weighted by atomic mass is 10.1. The van der Waals surface area contributed by atoms with E-state index in [-0.39, 0.29) is 0 Å². The molecule has 0 aliphatic carbocycles. The zero-order valence-corrected chi connectivity index (χ0v) is 17.4. The van der Waals surface area contributed by atoms with Crippen LogP contribution in [0.5, 0.6) is 0 Å². The number of unbranched alkanes of at least 4 members (excludes halogenated alkanes) is 11. The molecule has 0 heterocycles. The normalized spacial score (nSPS) is 11.2. The Balaban J connectivity index is 2.21. The van der Waals surface area contributed by atoms with Gasteiger partial charge in [0.15, 0.2) is 0 Å². The summed E-state index contributed by atoms with van der Waals surface area (Å²) in [6.45, 7) is 9.74. The molecular formula is C25H43N. The molecule has 0 bridgehead atoms. The number of hydrogen-bond acceptors (Lipinski definition) is 1. The van der Waals surface area contributed by atoms with Gasteiger partial charge in [0, 0.05) is 6.54 Å². The first-order valence-corrected chi connectivity index (χ1v) is 11.2. The molecule has 0 N–H and O–H groups in total. The lowest BCUT2D eigenvalue weighted by Gasteiger charge is -2.22. The Labute approximate surface area is 163 Å². The van der Waals surface area contributed by atoms with E-state index in [0.717, 1.165) is 6.54 Å². The van der Waals surface area contributed by atoms with E-state index in [1.807, 2.05) is 6.08 Å². The minimum atomic E-state index is 1.12. The quantitative estimate of drug-likeness (QED) is 0.192. The second-order valence-corrected chi connectivity index (χ2v) is 7.73. The van der Waals surface area contributed by atoms with E-state index in [9.17, 15) is 0 Å². The van der Waals surface area contributed by atoms with Crippen LogP contribution in [0.2, 0.25) is 0 Å². The first kappa shape index (κ1) is 23.0. The van der Waals surface area contributed by atoms with E-state index >= 15 is 0 Å². The number of hydrogen-bond donors (Lipinski definition) is 0. The summed E-state index contributed by atoms with van der Waals surface area (Å²) >= 11 is 0. The van der Waals surface area contributed by atoms with Crippen molar-refractivity contribution in [2.75, 3.05) is 13.1 Å². The zero-order chi connectivity index (χ0) is 18.7. The average molecular weight is 358 g/mol. The Bertz CT molecular complexity index is 411. The van der Waals surface area contributed by atoms with Crippen LogP contribution < -0.4 is 0 Å². The molecule has 26 heavy (non-hydrogen) atoms. The van der Waals surface area contributed by atoms with Crippen molar-refractivity contribution in [2.24, 2.45) is 0 Å². The van der Waals surface area contributed by atoms with Crippen LogP contribution >= 0.6 is 0 Å². The molecule has 0 aliphatic heterocycles. The molecule has 1 rings (SSSR count). The van der Waals surface area contributed by atoms with Gasteiger partial charge in [-0.05, 0) is 44.3 Å². The number of rotatable bonds is 18. The molecule has 0 aliphatic rings. The highest BCUT2D eigenvalue weighted by Gasteiger charge is 2.06. The van der Waals surface area contributed by atoms with Crippen LogP contribution in [0.4, 0.5) is 0 Å². The molecule has 1 nitrogen and oxygen atoms in total. The summed E-state index contributed by atoms with van der Waals surface area (Å²) < 4.78 is 0. The highest BCUT2D eigenvalue weighted by molar-refractivity contribution is 5.14. The van der Waals surface area contributed by atoms with Gasteiger partial charge in [-0.15, -0.1) is 6.58 Å². The Morgan fingerprint density at radius 2 is 1.27 bits per heavy atom. The lowest BCUT2D eigenvalue weighted by Crippen LogP contribution is -2.25. The smallest absolute Gasteiger partial charge is 0.0233 e. The first-order valence-electron chi connectivity index (χ1n) is 11.2. The summed E-state index contributed by atoms with van der Waals surface area (Å²) in [6.07, 6.45) is 19.8. The topological polar surface area (TPSA) is 3.24 Å². The molecule has 0 radical (unpaired) electrons. The van der Waals surface area contributed by atoms with Crippen molar-refractivity contribution in [3.63, 3.8) is 0 Å². The van der Waals surface area contributed by atoms with Gasteiger partial charge in [0.25, 0.3) is 0 Å². The minimum absolute atomic E-state index is 1.12. The molecule has 0 aromatic heterocycles. The van der Waals surface area contributed by atoms with Gasteiger partial charge in [-0.2, -0.15) is 0 Å². The number of nitrogens with zero attached hydrogens (tertiary/aromatic N) is 1. The molecule has 1 aromatic rings. The van der Waals surface area contributed by atoms with Gasteiger partial charge >= 0.3 is 0 Å². The summed E-state index contributed by atoms with van der Waals surface area (Å²) in [5, 5.41) is 0. The molecule has 0 saturated carbocycles. The molecule has 0 atom stereocenters. The first-order chi connectivity index (χ1) is 12.9. The van der Waals surface area contributed by atoms with Gasteiger partial charge in [-0.1, -0.05) is 101 Å². The standard InChI is InChI=1S/C25H43N/c1-3-5-7-9-11-12-14-19-23-26(22-18-13-10-8-6-4-2)24-25-20-16-15-17-21-25/h3,15-17,20-21H,1,4-14,18-19,22-24H2,2H3. The van der Waals surface area contributed by atoms with Crippen LogP contribution in [-0.4, -0.2) is 18.0 Å². The highest BCUT2D eigenvalue weighted by atomic mass is 15.1. The van der Waals surface area contributed by atoms with Crippen LogP contribution in [0, 0.1) is 0 Å². The Hall–Kier alpha value is -1.08. The fourth-order valence-corrected chi connectivity index (χ4v) is 3.56. The summed E-state index contributed by atoms with van der Waals surface area (Å²) in [7, 11) is 0. The Morgan fingerprint density at radius 1 is 0.731 bits per heavy atom. The number of allylic oxidation sites excluding steroid dienone is 1. The largest absolute Gasteiger partial charge is 0.299 e. The van der Waals surface area contributed by atoms with Gasteiger partial charge in [0.2, 0.25) is 0 Å². The molecular weight excluding hydrogens is 314 g/mol. The Morgan fingerprint density at radius 3 is 1.85 bits per heavy atom. The van der Waals surface area contributed by atoms with Crippen molar-refractivity contribution < 1.29 is 0 Å². The number of benzene rings is 1. The van der Waals surface area contributed by atoms with Crippen molar-refractivity contribution in [2.45, 2.75) is 96.9 Å². The minimum Gasteiger partial charge on any atom is -0.299 e. The summed E-state index contributed by atoms with van der Waals surface area (Å²) in [4.78, 5) is 2.69. The zero-order valence-electron chi connectivity index (χ0n) is 17.4. The third-order valence-electron chi connectivity index (χ3n) is 5.21. The summed E-state index contributed by atoms with van der Waals surface area (Å²) in [5.74, 6) is 0. The average Bonchev–Trinajstić information content (AvgIpc) is 2.67. The predicted molar refractivity (Wildman–Crippen MR) is 118 cm³/mol. The maximum absolute atomic E-state index is 3.80. The van der Waals surface area contributed by atoms with Gasteiger partial charge in [0.05, 0.1) is 0 Å². The van der Waals surface area contributed by atoms with E-state index in [4.69, 9.17) is 0 Å². The summed E-state index contributed by atoms with van der Waals surface area (Å²) in [6, 6.07) is 11.0. The van der Waals surface area contributed by atoms with Crippen LogP contribution in [-0.2, 0) is 6.54 Å². The van der Waals surface area contributed by atoms with Crippen molar-refractivity contribution >= 4 is 0 Å². The molecule has 1 heteroatoms. The van der Waals surface area contributed by atoms with E-state index in [2.05, 4.69) is 48.7 Å². The van der Waals surface area contributed by atoms with Crippen LogP contribution in [0.15, 0.2) is 43.0 Å². The highest BCUT2D eigenvalue weighted by Crippen LogP contribution is 2.12. The van der Waals surface area contributed by atoms with Gasteiger partial charge < -0.3 is 0 Å². The molecule has 0 spiro atoms. The third-order valence-corrected chi connectivity index (χ3v) is 5.21. The van der Waals surface area contributed by atoms with Gasteiger partial charge in [-0.3, -0.25) is 4.90 Å². The van der Waals surface area contributed by atoms with Gasteiger partial charge in [-0.25, -0.2) is 0 Å². The summed E-state index contributed by atoms with van der Waals surface area (Å²) in [5.41, 5.74) is 1.46. The van der Waals surface area contributed by atoms with Crippen molar-refractivity contribution in [1.29, 1.82) is 0 Å². The molecule has 0 fully saturated rings. The molecule has 0 saturated heterocycles.